The zero-order valence-electron chi connectivity index (χ0n) is 9.17. The molecular weight excluding hydrogens is 230 g/mol. The van der Waals surface area contributed by atoms with E-state index in [0.717, 1.165) is 11.5 Å². The lowest BCUT2D eigenvalue weighted by Gasteiger charge is -2.15. The minimum Gasteiger partial charge on any atom is -0.271 e. The van der Waals surface area contributed by atoms with Crippen LogP contribution in [0.1, 0.15) is 12.5 Å². The van der Waals surface area contributed by atoms with E-state index < -0.39 is 11.6 Å². The summed E-state index contributed by atoms with van der Waals surface area (Å²) >= 11 is 1.68. The smallest absolute Gasteiger partial charge is 0.129 e. The van der Waals surface area contributed by atoms with E-state index >= 15 is 0 Å². The Balaban J connectivity index is 2.69. The molecule has 0 bridgehead atoms. The molecule has 5 heteroatoms. The Labute approximate surface area is 98.6 Å². The SMILES string of the molecule is CCSCC(Cc1c(F)cccc1F)NN. The highest BCUT2D eigenvalue weighted by atomic mass is 32.2. The highest BCUT2D eigenvalue weighted by molar-refractivity contribution is 7.99. The molecule has 0 saturated carbocycles. The summed E-state index contributed by atoms with van der Waals surface area (Å²) < 4.78 is 26.7. The monoisotopic (exact) mass is 246 g/mol. The van der Waals surface area contributed by atoms with Gasteiger partial charge in [-0.15, -0.1) is 0 Å². The number of benzene rings is 1. The van der Waals surface area contributed by atoms with E-state index in [1.165, 1.54) is 18.2 Å². The van der Waals surface area contributed by atoms with Gasteiger partial charge in [0.25, 0.3) is 0 Å². The molecule has 1 atom stereocenters. The maximum Gasteiger partial charge on any atom is 0.129 e. The van der Waals surface area contributed by atoms with Crippen molar-refractivity contribution in [3.8, 4) is 0 Å². The fraction of sp³-hybridized carbons (Fsp3) is 0.455. The molecule has 0 radical (unpaired) electrons. The zero-order valence-corrected chi connectivity index (χ0v) is 9.99. The normalized spacial score (nSPS) is 12.8. The lowest BCUT2D eigenvalue weighted by molar-refractivity contribution is 0.512. The summed E-state index contributed by atoms with van der Waals surface area (Å²) in [6.45, 7) is 2.03. The first-order chi connectivity index (χ1) is 7.69. The van der Waals surface area contributed by atoms with Gasteiger partial charge in [-0.25, -0.2) is 8.78 Å². The Morgan fingerprint density at radius 2 is 2.00 bits per heavy atom. The average Bonchev–Trinajstić information content (AvgIpc) is 2.28. The van der Waals surface area contributed by atoms with E-state index in [1.807, 2.05) is 6.92 Å². The lowest BCUT2D eigenvalue weighted by Crippen LogP contribution is -2.39. The molecule has 3 N–H and O–H groups in total. The first-order valence-corrected chi connectivity index (χ1v) is 6.31. The predicted octanol–water partition coefficient (Wildman–Crippen LogP) is 2.09. The van der Waals surface area contributed by atoms with Gasteiger partial charge in [0.05, 0.1) is 0 Å². The molecule has 1 aromatic carbocycles. The van der Waals surface area contributed by atoms with Crippen molar-refractivity contribution >= 4 is 11.8 Å². The van der Waals surface area contributed by atoms with Gasteiger partial charge in [0.2, 0.25) is 0 Å². The van der Waals surface area contributed by atoms with E-state index in [1.54, 1.807) is 11.8 Å². The second-order valence-electron chi connectivity index (χ2n) is 3.43. The van der Waals surface area contributed by atoms with Gasteiger partial charge in [-0.3, -0.25) is 11.3 Å². The number of nitrogens with two attached hydrogens (primary N) is 1. The summed E-state index contributed by atoms with van der Waals surface area (Å²) in [4.78, 5) is 0. The Morgan fingerprint density at radius 1 is 1.38 bits per heavy atom. The van der Waals surface area contributed by atoms with Gasteiger partial charge in [-0.2, -0.15) is 11.8 Å². The van der Waals surface area contributed by atoms with Crippen molar-refractivity contribution in [1.29, 1.82) is 0 Å². The quantitative estimate of drug-likeness (QED) is 0.596. The van der Waals surface area contributed by atoms with Crippen LogP contribution >= 0.6 is 11.8 Å². The highest BCUT2D eigenvalue weighted by Gasteiger charge is 2.14. The topological polar surface area (TPSA) is 38.0 Å². The van der Waals surface area contributed by atoms with E-state index in [9.17, 15) is 8.78 Å². The van der Waals surface area contributed by atoms with Crippen LogP contribution in [0.3, 0.4) is 0 Å². The van der Waals surface area contributed by atoms with E-state index in [-0.39, 0.29) is 18.0 Å². The third kappa shape index (κ3) is 3.73. The number of hydrogen-bond acceptors (Lipinski definition) is 3. The van der Waals surface area contributed by atoms with E-state index in [2.05, 4.69) is 5.43 Å². The van der Waals surface area contributed by atoms with Crippen LogP contribution in [0, 0.1) is 11.6 Å². The lowest BCUT2D eigenvalue weighted by atomic mass is 10.1. The molecule has 0 fully saturated rings. The molecular formula is C11H16F2N2S. The molecule has 0 saturated heterocycles. The van der Waals surface area contributed by atoms with Crippen LogP contribution < -0.4 is 11.3 Å². The molecule has 0 aliphatic heterocycles. The molecule has 0 amide bonds. The van der Waals surface area contributed by atoms with Crippen molar-refractivity contribution in [2.75, 3.05) is 11.5 Å². The second kappa shape index (κ2) is 6.83. The number of hydrazine groups is 1. The summed E-state index contributed by atoms with van der Waals surface area (Å²) in [5, 5.41) is 0. The summed E-state index contributed by atoms with van der Waals surface area (Å²) in [5.74, 6) is 6.02. The predicted molar refractivity (Wildman–Crippen MR) is 64.2 cm³/mol. The zero-order chi connectivity index (χ0) is 12.0. The Hall–Kier alpha value is -0.650. The van der Waals surface area contributed by atoms with Crippen molar-refractivity contribution < 1.29 is 8.78 Å². The first-order valence-electron chi connectivity index (χ1n) is 5.15. The van der Waals surface area contributed by atoms with Crippen molar-refractivity contribution in [1.82, 2.24) is 5.43 Å². The Morgan fingerprint density at radius 3 is 2.50 bits per heavy atom. The van der Waals surface area contributed by atoms with Crippen LogP contribution in [0.2, 0.25) is 0 Å². The molecule has 1 unspecified atom stereocenters. The van der Waals surface area contributed by atoms with Gasteiger partial charge in [-0.05, 0) is 24.3 Å². The van der Waals surface area contributed by atoms with Crippen LogP contribution in [0.4, 0.5) is 8.78 Å². The van der Waals surface area contributed by atoms with Gasteiger partial charge >= 0.3 is 0 Å². The summed E-state index contributed by atoms with van der Waals surface area (Å²) in [6.07, 6.45) is 0.266. The molecule has 0 heterocycles. The molecule has 0 spiro atoms. The second-order valence-corrected chi connectivity index (χ2v) is 4.75. The first kappa shape index (κ1) is 13.4. The number of halogens is 2. The van der Waals surface area contributed by atoms with E-state index in [0.29, 0.717) is 0 Å². The summed E-state index contributed by atoms with van der Waals surface area (Å²) in [6, 6.07) is 3.77. The Bertz CT molecular complexity index is 314. The summed E-state index contributed by atoms with van der Waals surface area (Å²) in [5.41, 5.74) is 2.68. The standard InChI is InChI=1S/C11H16F2N2S/c1-2-16-7-8(15-14)6-9-10(12)4-3-5-11(9)13/h3-5,8,15H,2,6-7,14H2,1H3. The van der Waals surface area contributed by atoms with Crippen LogP contribution in [0.15, 0.2) is 18.2 Å². The van der Waals surface area contributed by atoms with Crippen LogP contribution in [-0.4, -0.2) is 17.5 Å². The van der Waals surface area contributed by atoms with Crippen LogP contribution in [0.5, 0.6) is 0 Å². The van der Waals surface area contributed by atoms with Gasteiger partial charge in [-0.1, -0.05) is 13.0 Å². The largest absolute Gasteiger partial charge is 0.271 e. The van der Waals surface area contributed by atoms with Crippen molar-refractivity contribution in [2.24, 2.45) is 5.84 Å². The molecule has 16 heavy (non-hydrogen) atoms. The van der Waals surface area contributed by atoms with Gasteiger partial charge < -0.3 is 0 Å². The molecule has 0 aliphatic carbocycles. The molecule has 2 nitrogen and oxygen atoms in total. The maximum atomic E-state index is 13.4. The minimum atomic E-state index is -0.512. The average molecular weight is 246 g/mol. The Kier molecular flexibility index (Phi) is 5.73. The highest BCUT2D eigenvalue weighted by Crippen LogP contribution is 2.15. The molecule has 1 aromatic rings. The molecule has 1 rings (SSSR count). The summed E-state index contributed by atoms with van der Waals surface area (Å²) in [7, 11) is 0. The van der Waals surface area contributed by atoms with Crippen molar-refractivity contribution in [3.63, 3.8) is 0 Å². The van der Waals surface area contributed by atoms with Gasteiger partial charge in [0.1, 0.15) is 11.6 Å². The molecule has 0 aliphatic rings. The number of rotatable bonds is 6. The third-order valence-corrected chi connectivity index (χ3v) is 3.32. The van der Waals surface area contributed by atoms with E-state index in [4.69, 9.17) is 5.84 Å². The minimum absolute atomic E-state index is 0.0992. The van der Waals surface area contributed by atoms with Crippen LogP contribution in [-0.2, 0) is 6.42 Å². The van der Waals surface area contributed by atoms with Gasteiger partial charge in [0.15, 0.2) is 0 Å². The fourth-order valence-electron chi connectivity index (χ4n) is 1.40. The van der Waals surface area contributed by atoms with Crippen molar-refractivity contribution in [3.05, 3.63) is 35.4 Å². The molecule has 0 aromatic heterocycles. The number of thioether (sulfide) groups is 1. The number of nitrogens with one attached hydrogen (secondary N) is 1. The maximum absolute atomic E-state index is 13.4. The number of hydrogen-bond donors (Lipinski definition) is 2. The molecule has 90 valence electrons. The van der Waals surface area contributed by atoms with Crippen molar-refractivity contribution in [2.45, 2.75) is 19.4 Å². The van der Waals surface area contributed by atoms with Gasteiger partial charge in [0, 0.05) is 17.4 Å². The van der Waals surface area contributed by atoms with Crippen LogP contribution in [0.25, 0.3) is 0 Å². The third-order valence-electron chi connectivity index (χ3n) is 2.27. The fourth-order valence-corrected chi connectivity index (χ4v) is 2.13.